The van der Waals surface area contributed by atoms with Gasteiger partial charge in [0.05, 0.1) is 0 Å². The predicted molar refractivity (Wildman–Crippen MR) is 121 cm³/mol. The second-order valence-electron chi connectivity index (χ2n) is 7.56. The molecule has 0 amide bonds. The van der Waals surface area contributed by atoms with Crippen LogP contribution in [0.4, 0.5) is 4.39 Å². The number of para-hydroxylation sites is 1. The van der Waals surface area contributed by atoms with Gasteiger partial charge in [0.1, 0.15) is 17.3 Å². The van der Waals surface area contributed by atoms with Gasteiger partial charge < -0.3 is 4.74 Å². The van der Waals surface area contributed by atoms with Crippen LogP contribution in [0, 0.1) is 5.82 Å². The lowest BCUT2D eigenvalue weighted by atomic mass is 10.0. The van der Waals surface area contributed by atoms with Gasteiger partial charge in [-0.15, -0.1) is 0 Å². The molecule has 1 aliphatic rings. The third kappa shape index (κ3) is 3.90. The maximum atomic E-state index is 14.1. The number of allylic oxidation sites excluding steroid dienone is 3. The van der Waals surface area contributed by atoms with E-state index in [4.69, 9.17) is 4.74 Å². The molecule has 1 heterocycles. The predicted octanol–water partition coefficient (Wildman–Crippen LogP) is 5.86. The van der Waals surface area contributed by atoms with E-state index in [1.807, 2.05) is 61.5 Å². The van der Waals surface area contributed by atoms with Crippen molar-refractivity contribution in [2.75, 3.05) is 0 Å². The normalized spacial score (nSPS) is 14.1. The van der Waals surface area contributed by atoms with E-state index < -0.39 is 5.76 Å². The van der Waals surface area contributed by atoms with E-state index in [2.05, 4.69) is 20.7 Å². The molecule has 1 N–H and O–H groups in total. The van der Waals surface area contributed by atoms with Gasteiger partial charge in [-0.1, -0.05) is 41.6 Å². The highest BCUT2D eigenvalue weighted by Crippen LogP contribution is 2.43. The highest BCUT2D eigenvalue weighted by molar-refractivity contribution is 6.05. The molecule has 32 heavy (non-hydrogen) atoms. The minimum absolute atomic E-state index is 0.317. The summed E-state index contributed by atoms with van der Waals surface area (Å²) in [5.41, 5.74) is 5.54. The Labute approximate surface area is 183 Å². The minimum atomic E-state index is -0.610. The Morgan fingerprint density at radius 2 is 1.81 bits per heavy atom. The molecule has 158 valence electrons. The molecule has 1 aromatic heterocycles. The fraction of sp³-hybridized carbons (Fsp3) is 0.0769. The Morgan fingerprint density at radius 3 is 2.59 bits per heavy atom. The number of aromatic nitrogens is 2. The molecule has 0 aliphatic heterocycles. The standard InChI is InChI=1S/C26H19FN2O3/c1-16-22(13-17-6-5-9-20(12-17)31-19-7-3-2-4-8-19)21-11-10-18(27)14-24(21)23(16)15-25-28-26(30)32-29-25/h2-14H,15H2,1H3,(H,28,29,30)/b22-13-. The number of halogens is 1. The number of hydrogen-bond donors (Lipinski definition) is 1. The molecule has 0 saturated heterocycles. The van der Waals surface area contributed by atoms with E-state index in [1.54, 1.807) is 6.07 Å². The van der Waals surface area contributed by atoms with Crippen LogP contribution in [0.15, 0.2) is 87.7 Å². The number of hydrogen-bond acceptors (Lipinski definition) is 4. The van der Waals surface area contributed by atoms with Gasteiger partial charge in [-0.05, 0) is 82.8 Å². The van der Waals surface area contributed by atoms with Gasteiger partial charge in [-0.25, -0.2) is 9.18 Å². The van der Waals surface area contributed by atoms with Crippen LogP contribution in [0.1, 0.15) is 29.4 Å². The van der Waals surface area contributed by atoms with Gasteiger partial charge in [0.2, 0.25) is 0 Å². The van der Waals surface area contributed by atoms with Crippen molar-refractivity contribution in [1.29, 1.82) is 0 Å². The topological polar surface area (TPSA) is 68.1 Å². The lowest BCUT2D eigenvalue weighted by Crippen LogP contribution is -1.99. The zero-order valence-electron chi connectivity index (χ0n) is 17.3. The van der Waals surface area contributed by atoms with Gasteiger partial charge in [-0.3, -0.25) is 9.51 Å². The zero-order chi connectivity index (χ0) is 22.1. The Bertz CT molecular complexity index is 1410. The Kier molecular flexibility index (Phi) is 5.03. The summed E-state index contributed by atoms with van der Waals surface area (Å²) in [6.07, 6.45) is 2.39. The number of nitrogens with zero attached hydrogens (tertiary/aromatic N) is 1. The molecule has 0 spiro atoms. The first kappa shape index (κ1) is 19.8. The number of ether oxygens (including phenoxy) is 1. The van der Waals surface area contributed by atoms with E-state index in [-0.39, 0.29) is 5.82 Å². The maximum Gasteiger partial charge on any atom is 0.438 e. The summed E-state index contributed by atoms with van der Waals surface area (Å²) in [5, 5.41) is 3.76. The molecule has 6 heteroatoms. The van der Waals surface area contributed by atoms with Gasteiger partial charge in [-0.2, -0.15) is 0 Å². The molecule has 3 aromatic carbocycles. The summed E-state index contributed by atoms with van der Waals surface area (Å²) >= 11 is 0. The zero-order valence-corrected chi connectivity index (χ0v) is 17.3. The Balaban J connectivity index is 1.54. The van der Waals surface area contributed by atoms with Crippen molar-refractivity contribution in [3.63, 3.8) is 0 Å². The first-order valence-corrected chi connectivity index (χ1v) is 10.2. The van der Waals surface area contributed by atoms with Crippen LogP contribution in [0.2, 0.25) is 0 Å². The second kappa shape index (κ2) is 8.15. The van der Waals surface area contributed by atoms with Crippen molar-refractivity contribution in [2.24, 2.45) is 0 Å². The summed E-state index contributed by atoms with van der Waals surface area (Å²) in [5.74, 6) is 0.965. The van der Waals surface area contributed by atoms with E-state index in [0.717, 1.165) is 44.9 Å². The van der Waals surface area contributed by atoms with Crippen LogP contribution < -0.4 is 10.5 Å². The number of aromatic amines is 1. The smallest absolute Gasteiger partial charge is 0.438 e. The molecule has 0 atom stereocenters. The summed E-state index contributed by atoms with van der Waals surface area (Å²) in [6.45, 7) is 1.99. The fourth-order valence-corrected chi connectivity index (χ4v) is 3.94. The van der Waals surface area contributed by atoms with Gasteiger partial charge >= 0.3 is 5.76 Å². The van der Waals surface area contributed by atoms with Crippen LogP contribution in [0.3, 0.4) is 0 Å². The first-order chi connectivity index (χ1) is 15.6. The molecule has 0 bridgehead atoms. The SMILES string of the molecule is CC1=C(Cc2noc(=O)[nH]2)c2cc(F)ccc2/C1=C\c1cccc(Oc2ccccc2)c1. The highest BCUT2D eigenvalue weighted by Gasteiger charge is 2.25. The van der Waals surface area contributed by atoms with Crippen LogP contribution in [0.5, 0.6) is 11.5 Å². The molecule has 0 saturated carbocycles. The van der Waals surface area contributed by atoms with E-state index in [1.165, 1.54) is 12.1 Å². The third-order valence-corrected chi connectivity index (χ3v) is 5.43. The van der Waals surface area contributed by atoms with Crippen LogP contribution >= 0.6 is 0 Å². The minimum Gasteiger partial charge on any atom is -0.457 e. The monoisotopic (exact) mass is 426 g/mol. The largest absolute Gasteiger partial charge is 0.457 e. The summed E-state index contributed by atoms with van der Waals surface area (Å²) in [7, 11) is 0. The second-order valence-corrected chi connectivity index (χ2v) is 7.56. The average molecular weight is 426 g/mol. The van der Waals surface area contributed by atoms with E-state index >= 15 is 0 Å². The maximum absolute atomic E-state index is 14.1. The van der Waals surface area contributed by atoms with Gasteiger partial charge in [0.15, 0.2) is 5.82 Å². The quantitative estimate of drug-likeness (QED) is 0.434. The highest BCUT2D eigenvalue weighted by atomic mass is 19.1. The average Bonchev–Trinajstić information content (AvgIpc) is 3.31. The number of nitrogens with one attached hydrogen (secondary N) is 1. The van der Waals surface area contributed by atoms with Crippen molar-refractivity contribution in [2.45, 2.75) is 13.3 Å². The molecule has 1 aliphatic carbocycles. The number of rotatable bonds is 5. The van der Waals surface area contributed by atoms with Crippen molar-refractivity contribution in [1.82, 2.24) is 10.1 Å². The van der Waals surface area contributed by atoms with Gasteiger partial charge in [0.25, 0.3) is 0 Å². The fourth-order valence-electron chi connectivity index (χ4n) is 3.94. The van der Waals surface area contributed by atoms with Crippen molar-refractivity contribution < 1.29 is 13.7 Å². The van der Waals surface area contributed by atoms with Crippen molar-refractivity contribution >= 4 is 17.2 Å². The molecule has 0 fully saturated rings. The summed E-state index contributed by atoms with van der Waals surface area (Å²) in [4.78, 5) is 13.9. The number of fused-ring (bicyclic) bond motifs is 1. The summed E-state index contributed by atoms with van der Waals surface area (Å²) < 4.78 is 24.6. The third-order valence-electron chi connectivity index (χ3n) is 5.43. The first-order valence-electron chi connectivity index (χ1n) is 10.2. The number of benzene rings is 3. The Morgan fingerprint density at radius 1 is 1.00 bits per heavy atom. The Hall–Kier alpha value is -4.19. The molecular weight excluding hydrogens is 407 g/mol. The molecule has 5 nitrogen and oxygen atoms in total. The lowest BCUT2D eigenvalue weighted by Gasteiger charge is -2.08. The van der Waals surface area contributed by atoms with E-state index in [0.29, 0.717) is 12.2 Å². The molecule has 0 unspecified atom stereocenters. The lowest BCUT2D eigenvalue weighted by molar-refractivity contribution is 0.382. The van der Waals surface area contributed by atoms with Crippen molar-refractivity contribution in [3.05, 3.63) is 117 Å². The van der Waals surface area contributed by atoms with Crippen LogP contribution in [0.25, 0.3) is 17.2 Å². The molecule has 0 radical (unpaired) electrons. The van der Waals surface area contributed by atoms with Crippen molar-refractivity contribution in [3.8, 4) is 11.5 Å². The van der Waals surface area contributed by atoms with Crippen LogP contribution in [-0.4, -0.2) is 10.1 Å². The van der Waals surface area contributed by atoms with E-state index in [9.17, 15) is 9.18 Å². The molecule has 4 aromatic rings. The van der Waals surface area contributed by atoms with Gasteiger partial charge in [0, 0.05) is 6.42 Å². The summed E-state index contributed by atoms with van der Waals surface area (Å²) in [6, 6.07) is 22.1. The molecular formula is C26H19FN2O3. The number of H-pyrrole nitrogens is 1. The van der Waals surface area contributed by atoms with Crippen LogP contribution in [-0.2, 0) is 6.42 Å². The molecule has 5 rings (SSSR count).